The summed E-state index contributed by atoms with van der Waals surface area (Å²) in [6, 6.07) is 3.59. The summed E-state index contributed by atoms with van der Waals surface area (Å²) < 4.78 is 16.6. The number of hydrogen-bond donors (Lipinski definition) is 1. The van der Waals surface area contributed by atoms with Gasteiger partial charge in [0.15, 0.2) is 11.5 Å². The standard InChI is InChI=1S/C18H25ClN2O4/c1-18(2)11-21(5-4-15(18)23-3)17(22)20-10-12-8-13(19)16-14(9-12)24-6-7-25-16/h8-9,15H,4-7,10-11H2,1-3H3,(H,20,22). The Morgan fingerprint density at radius 1 is 1.40 bits per heavy atom. The highest BCUT2D eigenvalue weighted by molar-refractivity contribution is 6.32. The lowest BCUT2D eigenvalue weighted by atomic mass is 9.81. The number of likely N-dealkylation sites (tertiary alicyclic amines) is 1. The summed E-state index contributed by atoms with van der Waals surface area (Å²) >= 11 is 6.24. The minimum Gasteiger partial charge on any atom is -0.486 e. The number of benzene rings is 1. The van der Waals surface area contributed by atoms with Crippen LogP contribution < -0.4 is 14.8 Å². The van der Waals surface area contributed by atoms with Crippen molar-refractivity contribution in [2.24, 2.45) is 5.41 Å². The summed E-state index contributed by atoms with van der Waals surface area (Å²) in [6.45, 7) is 7.00. The summed E-state index contributed by atoms with van der Waals surface area (Å²) in [5, 5.41) is 3.47. The number of methoxy groups -OCH3 is 1. The smallest absolute Gasteiger partial charge is 0.317 e. The molecule has 0 aromatic heterocycles. The van der Waals surface area contributed by atoms with E-state index < -0.39 is 0 Å². The van der Waals surface area contributed by atoms with Crippen LogP contribution in [0.4, 0.5) is 4.79 Å². The van der Waals surface area contributed by atoms with Crippen LogP contribution in [0.2, 0.25) is 5.02 Å². The van der Waals surface area contributed by atoms with Crippen molar-refractivity contribution in [3.63, 3.8) is 0 Å². The van der Waals surface area contributed by atoms with Crippen molar-refractivity contribution in [1.29, 1.82) is 0 Å². The topological polar surface area (TPSA) is 60.0 Å². The Morgan fingerprint density at radius 3 is 2.88 bits per heavy atom. The second-order valence-corrected chi connectivity index (χ2v) is 7.59. The van der Waals surface area contributed by atoms with Crippen LogP contribution in [0.5, 0.6) is 11.5 Å². The highest BCUT2D eigenvalue weighted by Crippen LogP contribution is 2.38. The van der Waals surface area contributed by atoms with Crippen LogP contribution in [-0.2, 0) is 11.3 Å². The first-order valence-corrected chi connectivity index (χ1v) is 8.92. The number of halogens is 1. The molecule has 0 bridgehead atoms. The first kappa shape index (κ1) is 18.1. The molecule has 6 nitrogen and oxygen atoms in total. The molecule has 138 valence electrons. The average molecular weight is 369 g/mol. The molecule has 1 unspecified atom stereocenters. The van der Waals surface area contributed by atoms with Gasteiger partial charge in [0.25, 0.3) is 0 Å². The van der Waals surface area contributed by atoms with E-state index in [1.807, 2.05) is 11.0 Å². The van der Waals surface area contributed by atoms with E-state index in [9.17, 15) is 4.79 Å². The van der Waals surface area contributed by atoms with E-state index in [0.717, 1.165) is 12.0 Å². The van der Waals surface area contributed by atoms with E-state index in [1.165, 1.54) is 0 Å². The van der Waals surface area contributed by atoms with Crippen molar-refractivity contribution < 1.29 is 19.0 Å². The molecule has 1 aromatic carbocycles. The highest BCUT2D eigenvalue weighted by atomic mass is 35.5. The number of nitrogens with one attached hydrogen (secondary N) is 1. The zero-order valence-electron chi connectivity index (χ0n) is 14.9. The Bertz CT molecular complexity index is 650. The average Bonchev–Trinajstić information content (AvgIpc) is 2.59. The van der Waals surface area contributed by atoms with Crippen LogP contribution in [0.15, 0.2) is 12.1 Å². The van der Waals surface area contributed by atoms with Gasteiger partial charge in [-0.1, -0.05) is 25.4 Å². The number of rotatable bonds is 3. The van der Waals surface area contributed by atoms with Crippen molar-refractivity contribution in [2.45, 2.75) is 32.9 Å². The molecule has 1 atom stereocenters. The molecule has 0 aliphatic carbocycles. The molecule has 7 heteroatoms. The fourth-order valence-corrected chi connectivity index (χ4v) is 3.79. The van der Waals surface area contributed by atoms with Gasteiger partial charge in [-0.15, -0.1) is 0 Å². The fourth-order valence-electron chi connectivity index (χ4n) is 3.50. The van der Waals surface area contributed by atoms with E-state index in [0.29, 0.717) is 49.4 Å². The molecule has 0 spiro atoms. The maximum atomic E-state index is 12.5. The first-order valence-electron chi connectivity index (χ1n) is 8.54. The van der Waals surface area contributed by atoms with Crippen LogP contribution >= 0.6 is 11.6 Å². The summed E-state index contributed by atoms with van der Waals surface area (Å²) in [6.07, 6.45) is 1.01. The van der Waals surface area contributed by atoms with Gasteiger partial charge >= 0.3 is 6.03 Å². The molecule has 1 aromatic rings. The number of urea groups is 1. The quantitative estimate of drug-likeness (QED) is 0.890. The van der Waals surface area contributed by atoms with Crippen molar-refractivity contribution >= 4 is 17.6 Å². The normalized spacial score (nSPS) is 21.8. The van der Waals surface area contributed by atoms with Crippen LogP contribution in [0, 0.1) is 5.41 Å². The Balaban J connectivity index is 1.60. The lowest BCUT2D eigenvalue weighted by Gasteiger charge is -2.43. The summed E-state index contributed by atoms with van der Waals surface area (Å²) in [5.74, 6) is 1.21. The maximum Gasteiger partial charge on any atom is 0.317 e. The molecule has 1 saturated heterocycles. The molecule has 2 amide bonds. The Morgan fingerprint density at radius 2 is 2.16 bits per heavy atom. The summed E-state index contributed by atoms with van der Waals surface area (Å²) in [7, 11) is 1.73. The Hall–Kier alpha value is -1.66. The Kier molecular flexibility index (Phi) is 5.29. The molecule has 0 saturated carbocycles. The number of ether oxygens (including phenoxy) is 3. The van der Waals surface area contributed by atoms with Crippen molar-refractivity contribution in [3.8, 4) is 11.5 Å². The van der Waals surface area contributed by atoms with E-state index in [-0.39, 0.29) is 17.6 Å². The van der Waals surface area contributed by atoms with Crippen LogP contribution in [0.3, 0.4) is 0 Å². The predicted octanol–water partition coefficient (Wildman–Crippen LogP) is 3.07. The number of hydrogen-bond acceptors (Lipinski definition) is 4. The van der Waals surface area contributed by atoms with Gasteiger partial charge in [0.1, 0.15) is 13.2 Å². The molecule has 3 rings (SSSR count). The SMILES string of the molecule is COC1CCN(C(=O)NCc2cc(Cl)c3c(c2)OCCO3)CC1(C)C. The number of amides is 2. The lowest BCUT2D eigenvalue weighted by molar-refractivity contribution is -0.0406. The van der Waals surface area contributed by atoms with Crippen LogP contribution in [0.1, 0.15) is 25.8 Å². The zero-order valence-corrected chi connectivity index (χ0v) is 15.7. The third-order valence-electron chi connectivity index (χ3n) is 4.80. The number of fused-ring (bicyclic) bond motifs is 1. The number of carbonyl (C=O) groups is 1. The number of carbonyl (C=O) groups excluding carboxylic acids is 1. The number of piperidine rings is 1. The molecule has 1 fully saturated rings. The summed E-state index contributed by atoms with van der Waals surface area (Å²) in [4.78, 5) is 14.4. The molecule has 2 aliphatic rings. The predicted molar refractivity (Wildman–Crippen MR) is 95.4 cm³/mol. The molecule has 25 heavy (non-hydrogen) atoms. The monoisotopic (exact) mass is 368 g/mol. The molecule has 0 radical (unpaired) electrons. The minimum atomic E-state index is -0.0753. The second-order valence-electron chi connectivity index (χ2n) is 7.18. The van der Waals surface area contributed by atoms with Crippen molar-refractivity contribution in [3.05, 3.63) is 22.7 Å². The maximum absolute atomic E-state index is 12.5. The van der Waals surface area contributed by atoms with E-state index in [2.05, 4.69) is 19.2 Å². The fraction of sp³-hybridized carbons (Fsp3) is 0.611. The molecular weight excluding hydrogens is 344 g/mol. The second kappa shape index (κ2) is 7.30. The highest BCUT2D eigenvalue weighted by Gasteiger charge is 2.37. The van der Waals surface area contributed by atoms with Crippen molar-refractivity contribution in [1.82, 2.24) is 10.2 Å². The largest absolute Gasteiger partial charge is 0.486 e. The number of nitrogens with zero attached hydrogens (tertiary/aromatic N) is 1. The van der Waals surface area contributed by atoms with E-state index in [4.69, 9.17) is 25.8 Å². The third-order valence-corrected chi connectivity index (χ3v) is 5.08. The van der Waals surface area contributed by atoms with E-state index >= 15 is 0 Å². The zero-order chi connectivity index (χ0) is 18.0. The molecular formula is C18H25ClN2O4. The van der Waals surface area contributed by atoms with Gasteiger partial charge in [-0.3, -0.25) is 0 Å². The van der Waals surface area contributed by atoms with Crippen LogP contribution in [-0.4, -0.2) is 50.4 Å². The Labute approximate surface area is 153 Å². The van der Waals surface area contributed by atoms with Gasteiger partial charge in [0, 0.05) is 32.2 Å². The van der Waals surface area contributed by atoms with Gasteiger partial charge in [-0.25, -0.2) is 4.79 Å². The van der Waals surface area contributed by atoms with Crippen LogP contribution in [0.25, 0.3) is 0 Å². The van der Waals surface area contributed by atoms with Gasteiger partial charge in [-0.2, -0.15) is 0 Å². The molecule has 2 heterocycles. The molecule has 1 N–H and O–H groups in total. The summed E-state index contributed by atoms with van der Waals surface area (Å²) in [5.41, 5.74) is 0.818. The first-order chi connectivity index (χ1) is 11.9. The molecule has 2 aliphatic heterocycles. The van der Waals surface area contributed by atoms with Crippen molar-refractivity contribution in [2.75, 3.05) is 33.4 Å². The van der Waals surface area contributed by atoms with Gasteiger partial charge < -0.3 is 24.4 Å². The van der Waals surface area contributed by atoms with Gasteiger partial charge in [0.2, 0.25) is 0 Å². The lowest BCUT2D eigenvalue weighted by Crippen LogP contribution is -2.53. The third kappa shape index (κ3) is 3.96. The minimum absolute atomic E-state index is 0.0648. The van der Waals surface area contributed by atoms with Gasteiger partial charge in [-0.05, 0) is 24.1 Å². The van der Waals surface area contributed by atoms with Gasteiger partial charge in [0.05, 0.1) is 11.1 Å². The van der Waals surface area contributed by atoms with E-state index in [1.54, 1.807) is 13.2 Å².